The zero-order valence-corrected chi connectivity index (χ0v) is 10.8. The van der Waals surface area contributed by atoms with Crippen LogP contribution in [-0.2, 0) is 6.54 Å². The topological polar surface area (TPSA) is 78.8 Å². The number of phenols is 2. The summed E-state index contributed by atoms with van der Waals surface area (Å²) in [6.07, 6.45) is 0. The van der Waals surface area contributed by atoms with Gasteiger partial charge in [0, 0.05) is 17.7 Å². The van der Waals surface area contributed by atoms with Gasteiger partial charge < -0.3 is 20.3 Å². The number of nitrogens with one attached hydrogen (secondary N) is 1. The molecule has 0 radical (unpaired) electrons. The number of rotatable bonds is 2. The number of aromatic hydroxyl groups is 2. The summed E-state index contributed by atoms with van der Waals surface area (Å²) in [5.74, 6) is -0.482. The van der Waals surface area contributed by atoms with Crippen LogP contribution in [0.15, 0.2) is 30.3 Å². The van der Waals surface area contributed by atoms with E-state index >= 15 is 0 Å². The first kappa shape index (κ1) is 12.3. The molecule has 0 bridgehead atoms. The van der Waals surface area contributed by atoms with E-state index in [2.05, 4.69) is 5.32 Å². The summed E-state index contributed by atoms with van der Waals surface area (Å²) >= 11 is 0. The Morgan fingerprint density at radius 1 is 1.05 bits per heavy atom. The molecule has 0 fully saturated rings. The smallest absolute Gasteiger partial charge is 0.251 e. The maximum atomic E-state index is 11.7. The van der Waals surface area contributed by atoms with Crippen molar-refractivity contribution in [1.29, 1.82) is 0 Å². The van der Waals surface area contributed by atoms with Gasteiger partial charge in [-0.25, -0.2) is 0 Å². The minimum absolute atomic E-state index is 0.126. The molecule has 0 atom stereocenters. The highest BCUT2D eigenvalue weighted by Gasteiger charge is 2.24. The molecule has 0 saturated carbocycles. The summed E-state index contributed by atoms with van der Waals surface area (Å²) in [4.78, 5) is 11.7. The van der Waals surface area contributed by atoms with Crippen molar-refractivity contribution in [2.45, 2.75) is 6.54 Å². The van der Waals surface area contributed by atoms with Gasteiger partial charge in [-0.3, -0.25) is 4.79 Å². The number of carbonyl (C=O) groups is 1. The Kier molecular flexibility index (Phi) is 2.75. The monoisotopic (exact) mass is 271 g/mol. The number of methoxy groups -OCH3 is 1. The molecule has 2 aromatic rings. The second-order valence-corrected chi connectivity index (χ2v) is 4.53. The van der Waals surface area contributed by atoms with Gasteiger partial charge in [-0.1, -0.05) is 12.1 Å². The minimum Gasteiger partial charge on any atom is -0.504 e. The second-order valence-electron chi connectivity index (χ2n) is 4.53. The summed E-state index contributed by atoms with van der Waals surface area (Å²) < 4.78 is 4.95. The van der Waals surface area contributed by atoms with Crippen molar-refractivity contribution in [2.75, 3.05) is 7.11 Å². The van der Waals surface area contributed by atoms with Gasteiger partial charge >= 0.3 is 0 Å². The van der Waals surface area contributed by atoms with E-state index < -0.39 is 0 Å². The van der Waals surface area contributed by atoms with Gasteiger partial charge in [-0.2, -0.15) is 0 Å². The van der Waals surface area contributed by atoms with Crippen molar-refractivity contribution < 1.29 is 19.7 Å². The van der Waals surface area contributed by atoms with Gasteiger partial charge in [0.25, 0.3) is 5.91 Å². The largest absolute Gasteiger partial charge is 0.504 e. The Hall–Kier alpha value is -2.69. The molecule has 1 aliphatic rings. The van der Waals surface area contributed by atoms with E-state index in [0.29, 0.717) is 17.7 Å². The lowest BCUT2D eigenvalue weighted by Gasteiger charge is -2.12. The van der Waals surface area contributed by atoms with Crippen LogP contribution < -0.4 is 10.1 Å². The van der Waals surface area contributed by atoms with Crippen molar-refractivity contribution in [2.24, 2.45) is 0 Å². The Morgan fingerprint density at radius 3 is 2.55 bits per heavy atom. The molecule has 3 N–H and O–H groups in total. The van der Waals surface area contributed by atoms with Crippen LogP contribution >= 0.6 is 0 Å². The van der Waals surface area contributed by atoms with E-state index in [-0.39, 0.29) is 23.2 Å². The molecule has 5 heteroatoms. The third kappa shape index (κ3) is 1.67. The molecule has 102 valence electrons. The van der Waals surface area contributed by atoms with Crippen LogP contribution in [0.3, 0.4) is 0 Å². The average Bonchev–Trinajstić information content (AvgIpc) is 2.84. The van der Waals surface area contributed by atoms with E-state index in [0.717, 1.165) is 11.1 Å². The quantitative estimate of drug-likeness (QED) is 0.730. The first-order valence-electron chi connectivity index (χ1n) is 6.13. The summed E-state index contributed by atoms with van der Waals surface area (Å²) in [5, 5.41) is 22.8. The Labute approximate surface area is 115 Å². The van der Waals surface area contributed by atoms with Crippen molar-refractivity contribution in [3.63, 3.8) is 0 Å². The predicted molar refractivity (Wildman–Crippen MR) is 72.9 cm³/mol. The molecule has 2 aromatic carbocycles. The molecule has 1 aliphatic heterocycles. The maximum absolute atomic E-state index is 11.7. The van der Waals surface area contributed by atoms with Gasteiger partial charge in [0.1, 0.15) is 0 Å². The molecule has 0 aliphatic carbocycles. The molecule has 1 amide bonds. The lowest BCUT2D eigenvalue weighted by atomic mass is 9.96. The number of phenolic OH excluding ortho intramolecular Hbond substituents is 2. The fourth-order valence-electron chi connectivity index (χ4n) is 2.45. The highest BCUT2D eigenvalue weighted by atomic mass is 16.5. The van der Waals surface area contributed by atoms with Crippen LogP contribution in [0.2, 0.25) is 0 Å². The van der Waals surface area contributed by atoms with Crippen LogP contribution in [0.4, 0.5) is 0 Å². The van der Waals surface area contributed by atoms with Gasteiger partial charge in [0.05, 0.1) is 7.11 Å². The van der Waals surface area contributed by atoms with Crippen LogP contribution in [0, 0.1) is 0 Å². The summed E-state index contributed by atoms with van der Waals surface area (Å²) in [6, 6.07) is 8.53. The average molecular weight is 271 g/mol. The number of ether oxygens (including phenoxy) is 1. The van der Waals surface area contributed by atoms with E-state index in [1.54, 1.807) is 30.3 Å². The van der Waals surface area contributed by atoms with E-state index in [4.69, 9.17) is 4.74 Å². The second kappa shape index (κ2) is 4.45. The van der Waals surface area contributed by atoms with Crippen LogP contribution in [0.5, 0.6) is 17.2 Å². The van der Waals surface area contributed by atoms with Gasteiger partial charge in [-0.15, -0.1) is 0 Å². The number of fused-ring (bicyclic) bond motifs is 1. The summed E-state index contributed by atoms with van der Waals surface area (Å²) in [6.45, 7) is 0.413. The summed E-state index contributed by atoms with van der Waals surface area (Å²) in [5.41, 5.74) is 2.60. The van der Waals surface area contributed by atoms with Gasteiger partial charge in [0.2, 0.25) is 5.75 Å². The molecule has 1 heterocycles. The first-order chi connectivity index (χ1) is 9.63. The SMILES string of the molecule is COc1ccc(-c2cccc3c2CNC3=O)c(O)c1O. The maximum Gasteiger partial charge on any atom is 0.251 e. The molecule has 0 aromatic heterocycles. The fourth-order valence-corrected chi connectivity index (χ4v) is 2.45. The van der Waals surface area contributed by atoms with Crippen molar-refractivity contribution in [1.82, 2.24) is 5.32 Å². The molecule has 0 spiro atoms. The number of hydrogen-bond acceptors (Lipinski definition) is 4. The summed E-state index contributed by atoms with van der Waals surface area (Å²) in [7, 11) is 1.41. The zero-order valence-electron chi connectivity index (χ0n) is 10.8. The third-order valence-electron chi connectivity index (χ3n) is 3.47. The molecule has 3 rings (SSSR count). The van der Waals surface area contributed by atoms with E-state index in [1.165, 1.54) is 7.11 Å². The Morgan fingerprint density at radius 2 is 1.80 bits per heavy atom. The molecule has 0 unspecified atom stereocenters. The van der Waals surface area contributed by atoms with E-state index in [1.807, 2.05) is 0 Å². The highest BCUT2D eigenvalue weighted by Crippen LogP contribution is 2.44. The number of amides is 1. The first-order valence-corrected chi connectivity index (χ1v) is 6.13. The van der Waals surface area contributed by atoms with Gasteiger partial charge in [0.15, 0.2) is 11.5 Å². The Balaban J connectivity index is 2.21. The lowest BCUT2D eigenvalue weighted by Crippen LogP contribution is -2.12. The van der Waals surface area contributed by atoms with Gasteiger partial charge in [-0.05, 0) is 29.3 Å². The molecule has 0 saturated heterocycles. The molecule has 20 heavy (non-hydrogen) atoms. The highest BCUT2D eigenvalue weighted by molar-refractivity contribution is 6.00. The molecule has 5 nitrogen and oxygen atoms in total. The molecular weight excluding hydrogens is 258 g/mol. The third-order valence-corrected chi connectivity index (χ3v) is 3.47. The zero-order chi connectivity index (χ0) is 14.3. The number of benzene rings is 2. The normalized spacial score (nSPS) is 12.9. The van der Waals surface area contributed by atoms with Crippen molar-refractivity contribution in [3.05, 3.63) is 41.5 Å². The fraction of sp³-hybridized carbons (Fsp3) is 0.133. The number of carbonyl (C=O) groups excluding carboxylic acids is 1. The van der Waals surface area contributed by atoms with E-state index in [9.17, 15) is 15.0 Å². The van der Waals surface area contributed by atoms with Crippen LogP contribution in [-0.4, -0.2) is 23.2 Å². The standard InChI is InChI=1S/C15H13NO4/c1-20-12-6-5-9(13(17)14(12)18)8-3-2-4-10-11(8)7-16-15(10)19/h2-6,17-18H,7H2,1H3,(H,16,19). The lowest BCUT2D eigenvalue weighted by molar-refractivity contribution is 0.0965. The minimum atomic E-state index is -0.306. The van der Waals surface area contributed by atoms with Crippen LogP contribution in [0.25, 0.3) is 11.1 Å². The number of hydrogen-bond donors (Lipinski definition) is 3. The van der Waals surface area contributed by atoms with Crippen LogP contribution in [0.1, 0.15) is 15.9 Å². The molecular formula is C15H13NO4. The van der Waals surface area contributed by atoms with Crippen molar-refractivity contribution in [3.8, 4) is 28.4 Å². The van der Waals surface area contributed by atoms with Crippen molar-refractivity contribution >= 4 is 5.91 Å². The predicted octanol–water partition coefficient (Wildman–Crippen LogP) is 2.02. The Bertz CT molecular complexity index is 709.